The molecule has 1 N–H and O–H groups in total. The lowest BCUT2D eigenvalue weighted by atomic mass is 10.2. The summed E-state index contributed by atoms with van der Waals surface area (Å²) in [6, 6.07) is 10.4. The summed E-state index contributed by atoms with van der Waals surface area (Å²) in [6.45, 7) is 1.91. The molecule has 0 atom stereocenters. The van der Waals surface area contributed by atoms with Crippen molar-refractivity contribution in [1.82, 2.24) is 9.38 Å². The predicted octanol–water partition coefficient (Wildman–Crippen LogP) is 2.26. The molecule has 3 rings (SSSR count). The predicted molar refractivity (Wildman–Crippen MR) is 87.1 cm³/mol. The molecule has 6 heteroatoms. The van der Waals surface area contributed by atoms with Crippen LogP contribution in [0.3, 0.4) is 0 Å². The van der Waals surface area contributed by atoms with Crippen molar-refractivity contribution in [3.8, 4) is 5.75 Å². The third-order valence-corrected chi connectivity index (χ3v) is 3.46. The number of fused-ring (bicyclic) bond motifs is 1. The Balaban J connectivity index is 1.92. The molecule has 3 aromatic rings. The number of methoxy groups -OCH3 is 1. The number of carbonyl (C=O) groups excluding carboxylic acids is 1. The van der Waals surface area contributed by atoms with Crippen LogP contribution in [-0.4, -0.2) is 22.4 Å². The summed E-state index contributed by atoms with van der Waals surface area (Å²) in [4.78, 5) is 28.9. The summed E-state index contributed by atoms with van der Waals surface area (Å²) in [5, 5.41) is 2.68. The van der Waals surface area contributed by atoms with Gasteiger partial charge in [-0.15, -0.1) is 0 Å². The average molecular weight is 309 g/mol. The minimum Gasteiger partial charge on any atom is -0.497 e. The molecule has 2 heterocycles. The average Bonchev–Trinajstić information content (AvgIpc) is 2.55. The lowest BCUT2D eigenvalue weighted by Gasteiger charge is -2.07. The van der Waals surface area contributed by atoms with Crippen molar-refractivity contribution in [2.45, 2.75) is 6.92 Å². The van der Waals surface area contributed by atoms with Gasteiger partial charge >= 0.3 is 0 Å². The first-order valence-corrected chi connectivity index (χ1v) is 7.02. The molecule has 0 aliphatic rings. The molecule has 1 aromatic carbocycles. The van der Waals surface area contributed by atoms with Crippen LogP contribution in [0.2, 0.25) is 0 Å². The summed E-state index contributed by atoms with van der Waals surface area (Å²) in [7, 11) is 1.57. The van der Waals surface area contributed by atoms with E-state index >= 15 is 0 Å². The third-order valence-electron chi connectivity index (χ3n) is 3.46. The minimum atomic E-state index is -0.498. The Bertz CT molecular complexity index is 930. The number of hydrogen-bond donors (Lipinski definition) is 1. The third kappa shape index (κ3) is 2.91. The van der Waals surface area contributed by atoms with Gasteiger partial charge < -0.3 is 10.1 Å². The van der Waals surface area contributed by atoms with Crippen LogP contribution in [0.4, 0.5) is 5.69 Å². The van der Waals surface area contributed by atoms with Gasteiger partial charge in [0, 0.05) is 18.1 Å². The fourth-order valence-corrected chi connectivity index (χ4v) is 2.21. The van der Waals surface area contributed by atoms with Gasteiger partial charge in [0.05, 0.1) is 7.11 Å². The molecule has 0 bridgehead atoms. The highest BCUT2D eigenvalue weighted by atomic mass is 16.5. The summed E-state index contributed by atoms with van der Waals surface area (Å²) in [6.07, 6.45) is 2.92. The molecule has 0 fully saturated rings. The number of aryl methyl sites for hydroxylation is 1. The fourth-order valence-electron chi connectivity index (χ4n) is 2.21. The topological polar surface area (TPSA) is 72.7 Å². The second-order valence-electron chi connectivity index (χ2n) is 5.09. The Morgan fingerprint density at radius 3 is 2.65 bits per heavy atom. The molecule has 0 aliphatic heterocycles. The van der Waals surface area contributed by atoms with Gasteiger partial charge in [0.2, 0.25) is 0 Å². The van der Waals surface area contributed by atoms with E-state index in [1.807, 2.05) is 6.92 Å². The Kier molecular flexibility index (Phi) is 3.80. The number of rotatable bonds is 3. The van der Waals surface area contributed by atoms with E-state index in [-0.39, 0.29) is 5.56 Å². The van der Waals surface area contributed by atoms with Crippen LogP contribution in [0, 0.1) is 6.92 Å². The molecule has 0 saturated carbocycles. The van der Waals surface area contributed by atoms with Gasteiger partial charge in [-0.05, 0) is 48.9 Å². The van der Waals surface area contributed by atoms with E-state index < -0.39 is 11.5 Å². The quantitative estimate of drug-likeness (QED) is 0.805. The summed E-state index contributed by atoms with van der Waals surface area (Å²) in [5.41, 5.74) is 1.66. The van der Waals surface area contributed by atoms with Crippen LogP contribution in [0.15, 0.2) is 53.6 Å². The molecule has 0 unspecified atom stereocenters. The smallest absolute Gasteiger partial charge is 0.270 e. The summed E-state index contributed by atoms with van der Waals surface area (Å²) < 4.78 is 6.42. The van der Waals surface area contributed by atoms with Gasteiger partial charge in [0.1, 0.15) is 17.0 Å². The molecule has 116 valence electrons. The lowest BCUT2D eigenvalue weighted by Crippen LogP contribution is -2.26. The van der Waals surface area contributed by atoms with Gasteiger partial charge in [-0.3, -0.25) is 14.0 Å². The first-order chi connectivity index (χ1) is 11.1. The maximum absolute atomic E-state index is 12.4. The van der Waals surface area contributed by atoms with Crippen molar-refractivity contribution in [3.05, 3.63) is 70.3 Å². The highest BCUT2D eigenvalue weighted by Crippen LogP contribution is 2.15. The van der Waals surface area contributed by atoms with E-state index in [1.165, 1.54) is 10.6 Å². The number of aromatic nitrogens is 2. The molecule has 2 aromatic heterocycles. The van der Waals surface area contributed by atoms with Crippen LogP contribution >= 0.6 is 0 Å². The number of carbonyl (C=O) groups is 1. The van der Waals surface area contributed by atoms with E-state index in [4.69, 9.17) is 4.74 Å². The molecule has 23 heavy (non-hydrogen) atoms. The minimum absolute atomic E-state index is 0.0119. The monoisotopic (exact) mass is 309 g/mol. The van der Waals surface area contributed by atoms with E-state index in [9.17, 15) is 9.59 Å². The number of amides is 1. The van der Waals surface area contributed by atoms with Gasteiger partial charge in [-0.2, -0.15) is 0 Å². The molecule has 0 spiro atoms. The van der Waals surface area contributed by atoms with Crippen molar-refractivity contribution < 1.29 is 9.53 Å². The molecule has 0 radical (unpaired) electrons. The Labute approximate surface area is 132 Å². The maximum Gasteiger partial charge on any atom is 0.270 e. The van der Waals surface area contributed by atoms with Crippen LogP contribution in [0.1, 0.15) is 15.9 Å². The standard InChI is InChI=1S/C17H15N3O3/c1-11-7-8-20-15(9-11)18-10-14(17(20)22)16(21)19-12-3-5-13(23-2)6-4-12/h3-10H,1-2H3,(H,19,21). The Hall–Kier alpha value is -3.15. The number of pyridine rings is 1. The van der Waals surface area contributed by atoms with Crippen molar-refractivity contribution >= 4 is 17.2 Å². The number of nitrogens with zero attached hydrogens (tertiary/aromatic N) is 2. The van der Waals surface area contributed by atoms with Gasteiger partial charge in [0.25, 0.3) is 11.5 Å². The van der Waals surface area contributed by atoms with E-state index in [0.717, 1.165) is 5.56 Å². The highest BCUT2D eigenvalue weighted by Gasteiger charge is 2.13. The SMILES string of the molecule is COc1ccc(NC(=O)c2cnc3cc(C)ccn3c2=O)cc1. The molecule has 0 saturated heterocycles. The van der Waals surface area contributed by atoms with Crippen molar-refractivity contribution in [2.24, 2.45) is 0 Å². The van der Waals surface area contributed by atoms with Crippen molar-refractivity contribution in [3.63, 3.8) is 0 Å². The molecule has 1 amide bonds. The zero-order chi connectivity index (χ0) is 16.4. The second kappa shape index (κ2) is 5.92. The van der Waals surface area contributed by atoms with Gasteiger partial charge in [-0.1, -0.05) is 0 Å². The normalized spacial score (nSPS) is 10.5. The molecule has 0 aliphatic carbocycles. The second-order valence-corrected chi connectivity index (χ2v) is 5.09. The molecule has 6 nitrogen and oxygen atoms in total. The summed E-state index contributed by atoms with van der Waals surface area (Å²) >= 11 is 0. The first kappa shape index (κ1) is 14.8. The summed E-state index contributed by atoms with van der Waals surface area (Å²) in [5.74, 6) is 0.188. The van der Waals surface area contributed by atoms with E-state index in [2.05, 4.69) is 10.3 Å². The number of benzene rings is 1. The van der Waals surface area contributed by atoms with Gasteiger partial charge in [0.15, 0.2) is 0 Å². The molecular weight excluding hydrogens is 294 g/mol. The first-order valence-electron chi connectivity index (χ1n) is 7.02. The Morgan fingerprint density at radius 1 is 1.22 bits per heavy atom. The van der Waals surface area contributed by atoms with Gasteiger partial charge in [-0.25, -0.2) is 4.98 Å². The number of nitrogens with one attached hydrogen (secondary N) is 1. The van der Waals surface area contributed by atoms with Crippen molar-refractivity contribution in [1.29, 1.82) is 0 Å². The lowest BCUT2D eigenvalue weighted by molar-refractivity contribution is 0.102. The largest absolute Gasteiger partial charge is 0.497 e. The number of anilines is 1. The highest BCUT2D eigenvalue weighted by molar-refractivity contribution is 6.03. The fraction of sp³-hybridized carbons (Fsp3) is 0.118. The number of hydrogen-bond acceptors (Lipinski definition) is 4. The van der Waals surface area contributed by atoms with E-state index in [0.29, 0.717) is 17.1 Å². The van der Waals surface area contributed by atoms with Crippen LogP contribution in [0.25, 0.3) is 5.65 Å². The van der Waals surface area contributed by atoms with Crippen LogP contribution in [-0.2, 0) is 0 Å². The van der Waals surface area contributed by atoms with Crippen LogP contribution in [0.5, 0.6) is 5.75 Å². The maximum atomic E-state index is 12.4. The zero-order valence-corrected chi connectivity index (χ0v) is 12.7. The zero-order valence-electron chi connectivity index (χ0n) is 12.7. The van der Waals surface area contributed by atoms with Crippen LogP contribution < -0.4 is 15.6 Å². The van der Waals surface area contributed by atoms with E-state index in [1.54, 1.807) is 49.7 Å². The van der Waals surface area contributed by atoms with Crippen molar-refractivity contribution in [2.75, 3.05) is 12.4 Å². The Morgan fingerprint density at radius 2 is 1.96 bits per heavy atom. The molecular formula is C17H15N3O3. The number of ether oxygens (including phenoxy) is 1.